The predicted octanol–water partition coefficient (Wildman–Crippen LogP) is 2.97. The van der Waals surface area contributed by atoms with Crippen molar-refractivity contribution >= 4 is 10.9 Å². The van der Waals surface area contributed by atoms with Crippen molar-refractivity contribution in [2.24, 2.45) is 0 Å². The Morgan fingerprint density at radius 3 is 2.68 bits per heavy atom. The molecule has 1 N–H and O–H groups in total. The molecule has 0 unspecified atom stereocenters. The molecule has 0 amide bonds. The molecular weight excluding hydrogens is 333 g/mol. The number of fused-ring (bicyclic) bond motifs is 1. The molecule has 25 heavy (non-hydrogen) atoms. The predicted molar refractivity (Wildman–Crippen MR) is 86.8 cm³/mol. The van der Waals surface area contributed by atoms with Gasteiger partial charge in [0.2, 0.25) is 0 Å². The summed E-state index contributed by atoms with van der Waals surface area (Å²) < 4.78 is 38.2. The lowest BCUT2D eigenvalue weighted by atomic mass is 10.2. The van der Waals surface area contributed by atoms with Gasteiger partial charge in [-0.3, -0.25) is 14.7 Å². The van der Waals surface area contributed by atoms with E-state index in [-0.39, 0.29) is 12.1 Å². The Balaban J connectivity index is 1.77. The molecule has 8 heteroatoms. The maximum Gasteiger partial charge on any atom is 0.433 e. The van der Waals surface area contributed by atoms with Gasteiger partial charge in [0.05, 0.1) is 17.4 Å². The Bertz CT molecular complexity index is 952. The second-order valence-corrected chi connectivity index (χ2v) is 5.75. The summed E-state index contributed by atoms with van der Waals surface area (Å²) in [5.41, 5.74) is -0.0983. The average molecular weight is 348 g/mol. The highest BCUT2D eigenvalue weighted by Gasteiger charge is 2.32. The lowest BCUT2D eigenvalue weighted by Crippen LogP contribution is -2.22. The normalized spacial score (nSPS) is 12.0. The molecule has 0 saturated carbocycles. The monoisotopic (exact) mass is 348 g/mol. The topological polar surface area (TPSA) is 61.9 Å². The van der Waals surface area contributed by atoms with Gasteiger partial charge in [-0.15, -0.1) is 0 Å². The number of aromatic amines is 1. The number of rotatable bonds is 4. The van der Waals surface area contributed by atoms with Crippen LogP contribution in [0, 0.1) is 0 Å². The number of aromatic nitrogens is 3. The van der Waals surface area contributed by atoms with Gasteiger partial charge in [-0.05, 0) is 36.9 Å². The summed E-state index contributed by atoms with van der Waals surface area (Å²) in [5, 5.41) is 0.498. The molecule has 0 spiro atoms. The van der Waals surface area contributed by atoms with Crippen LogP contribution in [0.25, 0.3) is 10.9 Å². The fourth-order valence-electron chi connectivity index (χ4n) is 2.56. The third kappa shape index (κ3) is 4.03. The van der Waals surface area contributed by atoms with Crippen LogP contribution < -0.4 is 5.56 Å². The van der Waals surface area contributed by atoms with E-state index in [1.807, 2.05) is 0 Å². The maximum atomic E-state index is 12.7. The van der Waals surface area contributed by atoms with Gasteiger partial charge in [0.1, 0.15) is 11.5 Å². The summed E-state index contributed by atoms with van der Waals surface area (Å²) in [4.78, 5) is 24.2. The molecule has 0 radical (unpaired) electrons. The molecule has 3 rings (SSSR count). The molecule has 0 aliphatic heterocycles. The third-order valence-corrected chi connectivity index (χ3v) is 3.65. The number of hydrogen-bond acceptors (Lipinski definition) is 4. The van der Waals surface area contributed by atoms with E-state index < -0.39 is 11.9 Å². The number of alkyl halides is 3. The van der Waals surface area contributed by atoms with Crippen LogP contribution in [0.5, 0.6) is 0 Å². The SMILES string of the molecule is CN(Cc1ccnc(C(F)(F)F)c1)Cc1nc2ccccc2c(=O)[nH]1. The first-order chi connectivity index (χ1) is 11.8. The van der Waals surface area contributed by atoms with E-state index in [0.29, 0.717) is 28.8 Å². The average Bonchev–Trinajstić information content (AvgIpc) is 2.54. The summed E-state index contributed by atoms with van der Waals surface area (Å²) in [5.74, 6) is 0.455. The van der Waals surface area contributed by atoms with Gasteiger partial charge in [0.25, 0.3) is 5.56 Å². The number of nitrogens with one attached hydrogen (secondary N) is 1. The van der Waals surface area contributed by atoms with Crippen molar-refractivity contribution in [3.05, 3.63) is 70.0 Å². The zero-order chi connectivity index (χ0) is 18.0. The molecule has 130 valence electrons. The minimum atomic E-state index is -4.47. The van der Waals surface area contributed by atoms with Gasteiger partial charge in [0.15, 0.2) is 0 Å². The molecule has 0 aliphatic carbocycles. The summed E-state index contributed by atoms with van der Waals surface area (Å²) in [7, 11) is 1.74. The van der Waals surface area contributed by atoms with E-state index in [0.717, 1.165) is 12.3 Å². The fraction of sp³-hybridized carbons (Fsp3) is 0.235. The fourth-order valence-corrected chi connectivity index (χ4v) is 2.56. The number of benzene rings is 1. The minimum Gasteiger partial charge on any atom is -0.309 e. The number of nitrogens with zero attached hydrogens (tertiary/aromatic N) is 3. The van der Waals surface area contributed by atoms with Crippen molar-refractivity contribution in [2.45, 2.75) is 19.3 Å². The van der Waals surface area contributed by atoms with E-state index >= 15 is 0 Å². The second-order valence-electron chi connectivity index (χ2n) is 5.75. The summed E-state index contributed by atoms with van der Waals surface area (Å²) in [6.45, 7) is 0.561. The van der Waals surface area contributed by atoms with Crippen LogP contribution in [0.2, 0.25) is 0 Å². The molecule has 1 aromatic carbocycles. The van der Waals surface area contributed by atoms with E-state index in [1.165, 1.54) is 6.07 Å². The van der Waals surface area contributed by atoms with Gasteiger partial charge in [0, 0.05) is 12.7 Å². The number of para-hydroxylation sites is 1. The summed E-state index contributed by atoms with van der Waals surface area (Å²) in [6.07, 6.45) is -3.33. The van der Waals surface area contributed by atoms with Crippen LogP contribution in [0.1, 0.15) is 17.1 Å². The van der Waals surface area contributed by atoms with Crippen LogP contribution in [-0.4, -0.2) is 26.9 Å². The number of hydrogen-bond donors (Lipinski definition) is 1. The number of H-pyrrole nitrogens is 1. The largest absolute Gasteiger partial charge is 0.433 e. The third-order valence-electron chi connectivity index (χ3n) is 3.65. The van der Waals surface area contributed by atoms with Crippen molar-refractivity contribution in [1.82, 2.24) is 19.9 Å². The van der Waals surface area contributed by atoms with Crippen molar-refractivity contribution < 1.29 is 13.2 Å². The lowest BCUT2D eigenvalue weighted by molar-refractivity contribution is -0.141. The highest BCUT2D eigenvalue weighted by molar-refractivity contribution is 5.77. The van der Waals surface area contributed by atoms with E-state index in [4.69, 9.17) is 0 Å². The Hall–Kier alpha value is -2.74. The van der Waals surface area contributed by atoms with Crippen LogP contribution in [0.15, 0.2) is 47.4 Å². The van der Waals surface area contributed by atoms with Crippen molar-refractivity contribution in [3.8, 4) is 0 Å². The zero-order valence-corrected chi connectivity index (χ0v) is 13.3. The van der Waals surface area contributed by atoms with Crippen LogP contribution in [0.4, 0.5) is 13.2 Å². The number of pyridine rings is 1. The Morgan fingerprint density at radius 2 is 1.92 bits per heavy atom. The smallest absolute Gasteiger partial charge is 0.309 e. The first-order valence-corrected chi connectivity index (χ1v) is 7.51. The highest BCUT2D eigenvalue weighted by Crippen LogP contribution is 2.27. The second kappa shape index (κ2) is 6.64. The molecule has 3 aromatic rings. The molecule has 0 bridgehead atoms. The van der Waals surface area contributed by atoms with Gasteiger partial charge in [-0.25, -0.2) is 4.98 Å². The zero-order valence-electron chi connectivity index (χ0n) is 13.3. The molecule has 0 saturated heterocycles. The van der Waals surface area contributed by atoms with Gasteiger partial charge < -0.3 is 4.98 Å². The van der Waals surface area contributed by atoms with Crippen molar-refractivity contribution in [2.75, 3.05) is 7.05 Å². The van der Waals surface area contributed by atoms with Gasteiger partial charge in [-0.1, -0.05) is 12.1 Å². The number of halogens is 3. The molecule has 2 heterocycles. The highest BCUT2D eigenvalue weighted by atomic mass is 19.4. The van der Waals surface area contributed by atoms with E-state index in [1.54, 1.807) is 36.2 Å². The molecule has 2 aromatic heterocycles. The minimum absolute atomic E-state index is 0.239. The van der Waals surface area contributed by atoms with Crippen LogP contribution in [-0.2, 0) is 19.3 Å². The van der Waals surface area contributed by atoms with Crippen molar-refractivity contribution in [3.63, 3.8) is 0 Å². The Labute approximate surface area is 141 Å². The lowest BCUT2D eigenvalue weighted by Gasteiger charge is -2.17. The summed E-state index contributed by atoms with van der Waals surface area (Å²) >= 11 is 0. The van der Waals surface area contributed by atoms with E-state index in [2.05, 4.69) is 15.0 Å². The maximum absolute atomic E-state index is 12.7. The van der Waals surface area contributed by atoms with E-state index in [9.17, 15) is 18.0 Å². The van der Waals surface area contributed by atoms with Gasteiger partial charge in [-0.2, -0.15) is 13.2 Å². The molecule has 0 aliphatic rings. The van der Waals surface area contributed by atoms with Gasteiger partial charge >= 0.3 is 6.18 Å². The first-order valence-electron chi connectivity index (χ1n) is 7.51. The van der Waals surface area contributed by atoms with Crippen LogP contribution >= 0.6 is 0 Å². The van der Waals surface area contributed by atoms with Crippen molar-refractivity contribution in [1.29, 1.82) is 0 Å². The summed E-state index contributed by atoms with van der Waals surface area (Å²) in [6, 6.07) is 9.52. The standard InChI is InChI=1S/C17H15F3N4O/c1-24(9-11-6-7-21-14(8-11)17(18,19)20)10-15-22-13-5-3-2-4-12(13)16(25)23-15/h2-8H,9-10H2,1H3,(H,22,23,25). The Morgan fingerprint density at radius 1 is 1.16 bits per heavy atom. The molecule has 5 nitrogen and oxygen atoms in total. The first kappa shape index (κ1) is 17.1. The quantitative estimate of drug-likeness (QED) is 0.787. The molecule has 0 fully saturated rings. The van der Waals surface area contributed by atoms with Crippen LogP contribution in [0.3, 0.4) is 0 Å². The Kier molecular flexibility index (Phi) is 4.54. The molecule has 0 atom stereocenters. The molecular formula is C17H15F3N4O.